The van der Waals surface area contributed by atoms with Gasteiger partial charge in [0.2, 0.25) is 5.89 Å². The van der Waals surface area contributed by atoms with E-state index >= 15 is 0 Å². The van der Waals surface area contributed by atoms with E-state index in [1.807, 2.05) is 11.3 Å². The number of hydrogen-bond donors (Lipinski definition) is 2. The van der Waals surface area contributed by atoms with Gasteiger partial charge in [-0.05, 0) is 49.2 Å². The second-order valence-electron chi connectivity index (χ2n) is 5.07. The van der Waals surface area contributed by atoms with Crippen LogP contribution in [0, 0.1) is 0 Å². The zero-order valence-electron chi connectivity index (χ0n) is 11.7. The molecule has 0 fully saturated rings. The van der Waals surface area contributed by atoms with Gasteiger partial charge >= 0.3 is 6.01 Å². The van der Waals surface area contributed by atoms with E-state index in [-0.39, 0.29) is 0 Å². The highest BCUT2D eigenvalue weighted by atomic mass is 32.1. The van der Waals surface area contributed by atoms with Gasteiger partial charge in [-0.25, -0.2) is 0 Å². The van der Waals surface area contributed by atoms with Crippen LogP contribution in [0.2, 0.25) is 0 Å². The zero-order chi connectivity index (χ0) is 13.8. The Hall–Kier alpha value is -1.40. The molecule has 2 aromatic heterocycles. The van der Waals surface area contributed by atoms with Crippen molar-refractivity contribution in [3.63, 3.8) is 0 Å². The van der Waals surface area contributed by atoms with Crippen LogP contribution in [-0.4, -0.2) is 16.7 Å². The molecule has 5 nitrogen and oxygen atoms in total. The van der Waals surface area contributed by atoms with Gasteiger partial charge in [0, 0.05) is 4.88 Å². The monoisotopic (exact) mass is 292 g/mol. The first-order chi connectivity index (χ1) is 9.86. The second kappa shape index (κ2) is 6.37. The lowest BCUT2D eigenvalue weighted by Gasteiger charge is -2.22. The molecule has 0 aliphatic heterocycles. The largest absolute Gasteiger partial charge is 0.407 e. The lowest BCUT2D eigenvalue weighted by molar-refractivity contribution is 0.468. The molecule has 1 aliphatic rings. The lowest BCUT2D eigenvalue weighted by atomic mass is 9.94. The summed E-state index contributed by atoms with van der Waals surface area (Å²) in [6.45, 7) is 3.73. The summed E-state index contributed by atoms with van der Waals surface area (Å²) in [4.78, 5) is 1.48. The topological polar surface area (TPSA) is 63.0 Å². The molecule has 2 heterocycles. The van der Waals surface area contributed by atoms with Gasteiger partial charge in [0.1, 0.15) is 0 Å². The number of nitrogens with zero attached hydrogens (tertiary/aromatic N) is 2. The molecule has 20 heavy (non-hydrogen) atoms. The number of hydrogen-bond acceptors (Lipinski definition) is 6. The molecule has 1 atom stereocenters. The predicted molar refractivity (Wildman–Crippen MR) is 79.9 cm³/mol. The van der Waals surface area contributed by atoms with Gasteiger partial charge in [-0.1, -0.05) is 12.0 Å². The minimum Gasteiger partial charge on any atom is -0.407 e. The number of aromatic nitrogens is 2. The van der Waals surface area contributed by atoms with Crippen LogP contribution < -0.4 is 10.6 Å². The molecule has 0 radical (unpaired) electrons. The van der Waals surface area contributed by atoms with E-state index in [1.54, 1.807) is 0 Å². The van der Waals surface area contributed by atoms with Crippen LogP contribution in [0.25, 0.3) is 0 Å². The molecule has 2 aromatic rings. The molecular weight excluding hydrogens is 272 g/mol. The third kappa shape index (κ3) is 3.02. The number of fused-ring (bicyclic) bond motifs is 1. The van der Waals surface area contributed by atoms with E-state index in [4.69, 9.17) is 4.42 Å². The maximum absolute atomic E-state index is 5.63. The van der Waals surface area contributed by atoms with Crippen molar-refractivity contribution in [2.45, 2.75) is 45.2 Å². The number of anilines is 1. The fourth-order valence-electron chi connectivity index (χ4n) is 2.54. The average Bonchev–Trinajstić information content (AvgIpc) is 3.09. The van der Waals surface area contributed by atoms with E-state index in [1.165, 1.54) is 23.3 Å². The summed E-state index contributed by atoms with van der Waals surface area (Å²) < 4.78 is 5.63. The van der Waals surface area contributed by atoms with Crippen molar-refractivity contribution >= 4 is 17.4 Å². The Bertz CT molecular complexity index is 551. The lowest BCUT2D eigenvalue weighted by Crippen LogP contribution is -2.15. The van der Waals surface area contributed by atoms with Crippen molar-refractivity contribution in [3.05, 3.63) is 27.8 Å². The minimum atomic E-state index is 0.307. The molecular formula is C14H20N4OS. The van der Waals surface area contributed by atoms with Crippen molar-refractivity contribution in [1.29, 1.82) is 0 Å². The summed E-state index contributed by atoms with van der Waals surface area (Å²) in [6, 6.07) is 3.04. The quantitative estimate of drug-likeness (QED) is 0.801. The maximum Gasteiger partial charge on any atom is 0.315 e. The zero-order valence-corrected chi connectivity index (χ0v) is 12.5. The van der Waals surface area contributed by atoms with Crippen molar-refractivity contribution in [1.82, 2.24) is 15.5 Å². The summed E-state index contributed by atoms with van der Waals surface area (Å²) in [7, 11) is 0. The first-order valence-electron chi connectivity index (χ1n) is 7.22. The highest BCUT2D eigenvalue weighted by Gasteiger charge is 2.22. The van der Waals surface area contributed by atoms with Gasteiger partial charge in [0.25, 0.3) is 0 Å². The van der Waals surface area contributed by atoms with E-state index < -0.39 is 0 Å². The van der Waals surface area contributed by atoms with E-state index in [0.29, 0.717) is 24.5 Å². The Morgan fingerprint density at radius 2 is 2.40 bits per heavy atom. The Labute approximate surface area is 122 Å². The Morgan fingerprint density at radius 1 is 1.45 bits per heavy atom. The standard InChI is InChI=1S/C14H20N4OS/c1-2-7-15-9-13-17-18-14(19-13)16-11-4-3-5-12-10(11)6-8-20-12/h6,8,11,15H,2-5,7,9H2,1H3,(H,16,18). The number of rotatable bonds is 6. The van der Waals surface area contributed by atoms with Crippen LogP contribution in [-0.2, 0) is 13.0 Å². The predicted octanol–water partition coefficient (Wildman–Crippen LogP) is 3.12. The SMILES string of the molecule is CCCNCc1nnc(NC2CCCc3sccc32)o1. The highest BCUT2D eigenvalue weighted by Crippen LogP contribution is 2.35. The Kier molecular flexibility index (Phi) is 4.32. The van der Waals surface area contributed by atoms with Crippen LogP contribution in [0.15, 0.2) is 15.9 Å². The van der Waals surface area contributed by atoms with Gasteiger partial charge < -0.3 is 15.1 Å². The van der Waals surface area contributed by atoms with Crippen LogP contribution in [0.1, 0.15) is 48.6 Å². The van der Waals surface area contributed by atoms with E-state index in [9.17, 15) is 0 Å². The summed E-state index contributed by atoms with van der Waals surface area (Å²) in [5.41, 5.74) is 1.39. The van der Waals surface area contributed by atoms with Gasteiger partial charge in [0.05, 0.1) is 12.6 Å². The number of aryl methyl sites for hydroxylation is 1. The molecule has 1 unspecified atom stereocenters. The summed E-state index contributed by atoms with van der Waals surface area (Å²) >= 11 is 1.84. The second-order valence-corrected chi connectivity index (χ2v) is 6.07. The summed E-state index contributed by atoms with van der Waals surface area (Å²) in [5.74, 6) is 0.641. The van der Waals surface area contributed by atoms with Crippen LogP contribution >= 0.6 is 11.3 Å². The molecule has 1 aliphatic carbocycles. The molecule has 0 spiro atoms. The fraction of sp³-hybridized carbons (Fsp3) is 0.571. The summed E-state index contributed by atoms with van der Waals surface area (Å²) in [6.07, 6.45) is 4.63. The minimum absolute atomic E-state index is 0.307. The van der Waals surface area contributed by atoms with Gasteiger partial charge in [0.15, 0.2) is 0 Å². The molecule has 3 rings (SSSR count). The van der Waals surface area contributed by atoms with Crippen molar-refractivity contribution in [2.75, 3.05) is 11.9 Å². The van der Waals surface area contributed by atoms with E-state index in [2.05, 4.69) is 39.2 Å². The summed E-state index contributed by atoms with van der Waals surface area (Å²) in [5, 5.41) is 16.9. The number of thiophene rings is 1. The van der Waals surface area contributed by atoms with Crippen molar-refractivity contribution in [2.24, 2.45) is 0 Å². The fourth-order valence-corrected chi connectivity index (χ4v) is 3.53. The molecule has 0 bridgehead atoms. The highest BCUT2D eigenvalue weighted by molar-refractivity contribution is 7.10. The van der Waals surface area contributed by atoms with Crippen molar-refractivity contribution < 1.29 is 4.42 Å². The normalized spacial score (nSPS) is 17.9. The van der Waals surface area contributed by atoms with Crippen LogP contribution in [0.4, 0.5) is 6.01 Å². The first-order valence-corrected chi connectivity index (χ1v) is 8.10. The number of nitrogens with one attached hydrogen (secondary N) is 2. The molecule has 2 N–H and O–H groups in total. The molecule has 108 valence electrons. The molecule has 0 saturated carbocycles. The van der Waals surface area contributed by atoms with E-state index in [0.717, 1.165) is 19.4 Å². The average molecular weight is 292 g/mol. The Morgan fingerprint density at radius 3 is 3.30 bits per heavy atom. The van der Waals surface area contributed by atoms with Crippen LogP contribution in [0.5, 0.6) is 0 Å². The van der Waals surface area contributed by atoms with Crippen LogP contribution in [0.3, 0.4) is 0 Å². The Balaban J connectivity index is 1.62. The third-order valence-corrected chi connectivity index (χ3v) is 4.52. The third-order valence-electron chi connectivity index (χ3n) is 3.52. The van der Waals surface area contributed by atoms with Gasteiger partial charge in [-0.15, -0.1) is 16.4 Å². The van der Waals surface area contributed by atoms with Crippen molar-refractivity contribution in [3.8, 4) is 0 Å². The van der Waals surface area contributed by atoms with Gasteiger partial charge in [-0.3, -0.25) is 0 Å². The smallest absolute Gasteiger partial charge is 0.315 e. The molecule has 0 aromatic carbocycles. The first kappa shape index (κ1) is 13.6. The van der Waals surface area contributed by atoms with Gasteiger partial charge in [-0.2, -0.15) is 0 Å². The maximum atomic E-state index is 5.63. The molecule has 6 heteroatoms. The molecule has 0 amide bonds. The molecule has 0 saturated heterocycles.